The zero-order valence-electron chi connectivity index (χ0n) is 6.78. The summed E-state index contributed by atoms with van der Waals surface area (Å²) in [5, 5.41) is 0. The molecule has 0 spiro atoms. The Morgan fingerprint density at radius 1 is 1.36 bits per heavy atom. The van der Waals surface area contributed by atoms with Crippen molar-refractivity contribution in [2.24, 2.45) is 0 Å². The average molecular weight is 193 g/mol. The van der Waals surface area contributed by atoms with Crippen LogP contribution in [0, 0.1) is 0 Å². The highest BCUT2D eigenvalue weighted by atomic mass is 32.7. The van der Waals surface area contributed by atoms with Gasteiger partial charge in [-0.05, 0) is 17.4 Å². The zero-order valence-corrected chi connectivity index (χ0v) is 8.50. The van der Waals surface area contributed by atoms with Gasteiger partial charge in [0.05, 0.1) is 0 Å². The van der Waals surface area contributed by atoms with Crippen molar-refractivity contribution in [2.75, 3.05) is 6.26 Å². The molecule has 1 aliphatic carbocycles. The van der Waals surface area contributed by atoms with Gasteiger partial charge >= 0.3 is 7.23 Å². The molecular formula is C7H14O2PS+. The van der Waals surface area contributed by atoms with E-state index < -0.39 is 7.23 Å². The lowest BCUT2D eigenvalue weighted by molar-refractivity contribution is 0.170. The summed E-state index contributed by atoms with van der Waals surface area (Å²) < 4.78 is 16.3. The second kappa shape index (κ2) is 5.13. The fourth-order valence-electron chi connectivity index (χ4n) is 1.34. The van der Waals surface area contributed by atoms with E-state index in [1.807, 2.05) is 6.26 Å². The fraction of sp³-hybridized carbons (Fsp3) is 1.00. The van der Waals surface area contributed by atoms with E-state index in [9.17, 15) is 4.57 Å². The first-order valence-corrected chi connectivity index (χ1v) is 7.02. The van der Waals surface area contributed by atoms with Gasteiger partial charge in [0.15, 0.2) is 11.4 Å². The molecular weight excluding hydrogens is 179 g/mol. The summed E-state index contributed by atoms with van der Waals surface area (Å²) in [6.07, 6.45) is 8.09. The van der Waals surface area contributed by atoms with Crippen molar-refractivity contribution in [1.82, 2.24) is 0 Å². The Bertz CT molecular complexity index is 134. The number of hydrogen-bond donors (Lipinski definition) is 0. The summed E-state index contributed by atoms with van der Waals surface area (Å²) in [6.45, 7) is 0. The van der Waals surface area contributed by atoms with Gasteiger partial charge in [0, 0.05) is 6.26 Å². The maximum absolute atomic E-state index is 11.0. The summed E-state index contributed by atoms with van der Waals surface area (Å²) in [5.74, 6) is 0. The van der Waals surface area contributed by atoms with Crippen molar-refractivity contribution in [3.05, 3.63) is 0 Å². The lowest BCUT2D eigenvalue weighted by Gasteiger charge is -2.15. The van der Waals surface area contributed by atoms with Crippen LogP contribution in [0.5, 0.6) is 0 Å². The first-order valence-electron chi connectivity index (χ1n) is 4.01. The van der Waals surface area contributed by atoms with E-state index in [0.29, 0.717) is 0 Å². The second-order valence-corrected chi connectivity index (χ2v) is 5.78. The Hall–Kier alpha value is 0.410. The monoisotopic (exact) mass is 193 g/mol. The molecule has 64 valence electrons. The van der Waals surface area contributed by atoms with E-state index in [4.69, 9.17) is 4.52 Å². The Morgan fingerprint density at radius 2 is 2.00 bits per heavy atom. The Balaban J connectivity index is 2.19. The van der Waals surface area contributed by atoms with E-state index in [1.165, 1.54) is 30.6 Å². The van der Waals surface area contributed by atoms with Crippen LogP contribution in [0.4, 0.5) is 0 Å². The van der Waals surface area contributed by atoms with Crippen LogP contribution in [-0.4, -0.2) is 12.4 Å². The van der Waals surface area contributed by atoms with E-state index in [2.05, 4.69) is 0 Å². The third-order valence-electron chi connectivity index (χ3n) is 1.94. The van der Waals surface area contributed by atoms with E-state index in [-0.39, 0.29) is 6.10 Å². The smallest absolute Gasteiger partial charge is 0.133 e. The van der Waals surface area contributed by atoms with Crippen LogP contribution in [-0.2, 0) is 9.09 Å². The van der Waals surface area contributed by atoms with Crippen molar-refractivity contribution in [1.29, 1.82) is 0 Å². The van der Waals surface area contributed by atoms with Crippen LogP contribution < -0.4 is 0 Å². The lowest BCUT2D eigenvalue weighted by atomic mass is 9.98. The molecule has 0 aromatic rings. The number of rotatable bonds is 3. The first kappa shape index (κ1) is 9.50. The minimum absolute atomic E-state index is 0.278. The maximum Gasteiger partial charge on any atom is 0.585 e. The summed E-state index contributed by atoms with van der Waals surface area (Å²) in [6, 6.07) is 0. The Morgan fingerprint density at radius 3 is 2.55 bits per heavy atom. The van der Waals surface area contributed by atoms with Crippen molar-refractivity contribution in [2.45, 2.75) is 38.2 Å². The van der Waals surface area contributed by atoms with Crippen LogP contribution in [0.3, 0.4) is 0 Å². The number of hydrogen-bond acceptors (Lipinski definition) is 3. The van der Waals surface area contributed by atoms with Crippen LogP contribution in [0.1, 0.15) is 32.1 Å². The molecule has 1 fully saturated rings. The van der Waals surface area contributed by atoms with Crippen LogP contribution in [0.25, 0.3) is 0 Å². The minimum Gasteiger partial charge on any atom is -0.133 e. The predicted octanol–water partition coefficient (Wildman–Crippen LogP) is 3.36. The van der Waals surface area contributed by atoms with Gasteiger partial charge in [0.2, 0.25) is 0 Å². The highest BCUT2D eigenvalue weighted by Crippen LogP contribution is 2.40. The molecule has 0 N–H and O–H groups in total. The van der Waals surface area contributed by atoms with Crippen molar-refractivity contribution < 1.29 is 9.09 Å². The molecule has 1 saturated carbocycles. The molecule has 1 aliphatic rings. The summed E-state index contributed by atoms with van der Waals surface area (Å²) in [5.41, 5.74) is 0. The molecule has 0 bridgehead atoms. The standard InChI is InChI=1S/C7H14O2PS/c1-11-10(8)9-7-5-3-2-4-6-7/h7H,2-6H2,1H3/q+1. The van der Waals surface area contributed by atoms with Gasteiger partial charge in [-0.25, -0.2) is 0 Å². The molecule has 2 nitrogen and oxygen atoms in total. The molecule has 0 aromatic heterocycles. The Labute approximate surface area is 72.7 Å². The van der Waals surface area contributed by atoms with E-state index in [0.717, 1.165) is 12.8 Å². The van der Waals surface area contributed by atoms with Gasteiger partial charge in [0.25, 0.3) is 0 Å². The lowest BCUT2D eigenvalue weighted by Crippen LogP contribution is -2.12. The molecule has 0 heterocycles. The molecule has 0 radical (unpaired) electrons. The van der Waals surface area contributed by atoms with Crippen molar-refractivity contribution in [3.63, 3.8) is 0 Å². The van der Waals surface area contributed by atoms with Gasteiger partial charge in [-0.15, -0.1) is 4.52 Å². The van der Waals surface area contributed by atoms with Crippen LogP contribution >= 0.6 is 18.6 Å². The first-order chi connectivity index (χ1) is 5.33. The van der Waals surface area contributed by atoms with Gasteiger partial charge in [-0.3, -0.25) is 0 Å². The molecule has 1 rings (SSSR count). The molecule has 11 heavy (non-hydrogen) atoms. The van der Waals surface area contributed by atoms with Gasteiger partial charge in [-0.2, -0.15) is 0 Å². The molecule has 0 saturated heterocycles. The third kappa shape index (κ3) is 3.55. The highest BCUT2D eigenvalue weighted by molar-refractivity contribution is 8.49. The molecule has 1 atom stereocenters. The topological polar surface area (TPSA) is 26.3 Å². The predicted molar refractivity (Wildman–Crippen MR) is 49.1 cm³/mol. The summed E-state index contributed by atoms with van der Waals surface area (Å²) in [4.78, 5) is 0. The maximum atomic E-state index is 11.0. The molecule has 0 aliphatic heterocycles. The second-order valence-electron chi connectivity index (χ2n) is 2.77. The zero-order chi connectivity index (χ0) is 8.10. The highest BCUT2D eigenvalue weighted by Gasteiger charge is 2.25. The van der Waals surface area contributed by atoms with Gasteiger partial charge in [0.1, 0.15) is 6.10 Å². The minimum atomic E-state index is -1.43. The molecule has 1 unspecified atom stereocenters. The van der Waals surface area contributed by atoms with Crippen LogP contribution in [0.2, 0.25) is 0 Å². The molecule has 4 heteroatoms. The SMILES string of the molecule is CS[P+](=O)OC1CCCCC1. The largest absolute Gasteiger partial charge is 0.585 e. The third-order valence-corrected chi connectivity index (χ3v) is 3.86. The normalized spacial score (nSPS) is 21.7. The summed E-state index contributed by atoms with van der Waals surface area (Å²) >= 11 is 1.31. The summed E-state index contributed by atoms with van der Waals surface area (Å²) in [7, 11) is -1.43. The Kier molecular flexibility index (Phi) is 4.43. The quantitative estimate of drug-likeness (QED) is 0.643. The molecule has 0 aromatic carbocycles. The average Bonchev–Trinajstić information content (AvgIpc) is 2.06. The fourth-order valence-corrected chi connectivity index (χ4v) is 2.50. The van der Waals surface area contributed by atoms with Gasteiger partial charge < -0.3 is 0 Å². The van der Waals surface area contributed by atoms with Crippen molar-refractivity contribution >= 4 is 18.6 Å². The molecule has 0 amide bonds. The van der Waals surface area contributed by atoms with Gasteiger partial charge in [-0.1, -0.05) is 19.3 Å². The van der Waals surface area contributed by atoms with Crippen molar-refractivity contribution in [3.8, 4) is 0 Å². The van der Waals surface area contributed by atoms with E-state index >= 15 is 0 Å². The van der Waals surface area contributed by atoms with Crippen LogP contribution in [0.15, 0.2) is 0 Å². The van der Waals surface area contributed by atoms with E-state index in [1.54, 1.807) is 0 Å².